The molecule has 0 aliphatic rings. The van der Waals surface area contributed by atoms with Gasteiger partial charge >= 0.3 is 11.8 Å². The lowest BCUT2D eigenvalue weighted by Crippen LogP contribution is -2.18. The molecule has 0 aliphatic heterocycles. The van der Waals surface area contributed by atoms with Crippen LogP contribution in [0, 0.1) is 0 Å². The second kappa shape index (κ2) is 6.20. The molecule has 112 valence electrons. The van der Waals surface area contributed by atoms with Gasteiger partial charge in [-0.05, 0) is 27.4 Å². The molecule has 8 nitrogen and oxygen atoms in total. The van der Waals surface area contributed by atoms with Crippen LogP contribution in [0.15, 0.2) is 37.8 Å². The molecule has 1 N–H and O–H groups in total. The molecule has 3 heterocycles. The molecule has 3 rings (SSSR count). The van der Waals surface area contributed by atoms with E-state index >= 15 is 0 Å². The monoisotopic (exact) mass is 380 g/mol. The molecular formula is C12H9BrN6O2S. The predicted molar refractivity (Wildman–Crippen MR) is 83.6 cm³/mol. The van der Waals surface area contributed by atoms with Gasteiger partial charge < -0.3 is 4.52 Å². The van der Waals surface area contributed by atoms with E-state index in [-0.39, 0.29) is 5.89 Å². The summed E-state index contributed by atoms with van der Waals surface area (Å²) < 4.78 is 7.30. The number of hydrogen-bond donors (Lipinski definition) is 1. The van der Waals surface area contributed by atoms with E-state index in [4.69, 9.17) is 4.52 Å². The fourth-order valence-corrected chi connectivity index (χ4v) is 2.69. The number of thiophene rings is 1. The summed E-state index contributed by atoms with van der Waals surface area (Å²) in [4.78, 5) is 16.7. The fourth-order valence-electron chi connectivity index (χ4n) is 1.59. The number of aryl methyl sites for hydroxylation is 1. The number of carbonyl (C=O) groups is 1. The van der Waals surface area contributed by atoms with Gasteiger partial charge in [-0.1, -0.05) is 11.2 Å². The predicted octanol–water partition coefficient (Wildman–Crippen LogP) is 2.06. The molecule has 0 radical (unpaired) electrons. The third-order valence-corrected chi connectivity index (χ3v) is 4.13. The highest BCUT2D eigenvalue weighted by molar-refractivity contribution is 9.10. The van der Waals surface area contributed by atoms with Gasteiger partial charge in [0.15, 0.2) is 0 Å². The summed E-state index contributed by atoms with van der Waals surface area (Å²) in [6.45, 7) is 0. The minimum absolute atomic E-state index is 0.148. The van der Waals surface area contributed by atoms with Gasteiger partial charge in [-0.3, -0.25) is 9.48 Å². The first-order valence-corrected chi connectivity index (χ1v) is 7.71. The van der Waals surface area contributed by atoms with Crippen LogP contribution in [0.4, 0.5) is 0 Å². The molecule has 0 atom stereocenters. The van der Waals surface area contributed by atoms with Crippen molar-refractivity contribution < 1.29 is 9.32 Å². The molecular weight excluding hydrogens is 372 g/mol. The quantitative estimate of drug-likeness (QED) is 0.551. The Balaban J connectivity index is 1.68. The van der Waals surface area contributed by atoms with Crippen molar-refractivity contribution >= 4 is 39.4 Å². The Morgan fingerprint density at radius 1 is 1.59 bits per heavy atom. The second-order valence-electron chi connectivity index (χ2n) is 4.10. The molecule has 0 unspecified atom stereocenters. The first-order chi connectivity index (χ1) is 10.6. The number of nitrogens with zero attached hydrogens (tertiary/aromatic N) is 5. The average molecular weight is 381 g/mol. The Labute approximate surface area is 137 Å². The second-order valence-corrected chi connectivity index (χ2v) is 5.90. The van der Waals surface area contributed by atoms with Gasteiger partial charge in [-0.15, -0.1) is 11.3 Å². The number of halogens is 1. The summed E-state index contributed by atoms with van der Waals surface area (Å²) in [5, 5.41) is 13.5. The standard InChI is InChI=1S/C12H9BrN6O2S/c1-19-8(7(13)5-15-19)6-14-17-11(20)12-16-10(18-21-12)9-3-2-4-22-9/h2-6H,1H3,(H,17,20). The SMILES string of the molecule is Cn1ncc(Br)c1C=NNC(=O)c1nc(-c2cccs2)no1. The molecule has 0 aromatic carbocycles. The van der Waals surface area contributed by atoms with Crippen LogP contribution >= 0.6 is 27.3 Å². The van der Waals surface area contributed by atoms with Crippen LogP contribution in [0.2, 0.25) is 0 Å². The van der Waals surface area contributed by atoms with Crippen molar-refractivity contribution in [3.8, 4) is 10.7 Å². The minimum Gasteiger partial charge on any atom is -0.328 e. The molecule has 1 amide bonds. The van der Waals surface area contributed by atoms with Gasteiger partial charge in [0.2, 0.25) is 5.82 Å². The molecule has 0 fully saturated rings. The third-order valence-electron chi connectivity index (χ3n) is 2.65. The van der Waals surface area contributed by atoms with Gasteiger partial charge in [-0.2, -0.15) is 15.2 Å². The number of rotatable bonds is 4. The van der Waals surface area contributed by atoms with Crippen LogP contribution in [0.25, 0.3) is 10.7 Å². The molecule has 0 saturated heterocycles. The highest BCUT2D eigenvalue weighted by Gasteiger charge is 2.16. The largest absolute Gasteiger partial charge is 0.329 e. The summed E-state index contributed by atoms with van der Waals surface area (Å²) in [6.07, 6.45) is 3.10. The smallest absolute Gasteiger partial charge is 0.328 e. The molecule has 3 aromatic rings. The summed E-state index contributed by atoms with van der Waals surface area (Å²) in [5.74, 6) is -0.354. The van der Waals surface area contributed by atoms with Crippen molar-refractivity contribution in [3.63, 3.8) is 0 Å². The van der Waals surface area contributed by atoms with Crippen LogP contribution in [-0.4, -0.2) is 32.0 Å². The lowest BCUT2D eigenvalue weighted by molar-refractivity contribution is 0.0911. The lowest BCUT2D eigenvalue weighted by Gasteiger charge is -1.95. The van der Waals surface area contributed by atoms with Crippen LogP contribution in [0.3, 0.4) is 0 Å². The van der Waals surface area contributed by atoms with Crippen LogP contribution < -0.4 is 5.43 Å². The van der Waals surface area contributed by atoms with Crippen LogP contribution in [0.1, 0.15) is 16.4 Å². The molecule has 3 aromatic heterocycles. The third kappa shape index (κ3) is 2.97. The van der Waals surface area contributed by atoms with E-state index in [1.807, 2.05) is 17.5 Å². The van der Waals surface area contributed by atoms with E-state index in [1.165, 1.54) is 17.6 Å². The van der Waals surface area contributed by atoms with Crippen LogP contribution in [-0.2, 0) is 7.05 Å². The van der Waals surface area contributed by atoms with Crippen molar-refractivity contribution in [3.05, 3.63) is 39.8 Å². The summed E-state index contributed by atoms with van der Waals surface area (Å²) >= 11 is 4.79. The van der Waals surface area contributed by atoms with Gasteiger partial charge in [0.1, 0.15) is 0 Å². The first-order valence-electron chi connectivity index (χ1n) is 6.03. The van der Waals surface area contributed by atoms with E-state index in [9.17, 15) is 4.79 Å². The maximum atomic E-state index is 11.9. The minimum atomic E-state index is -0.579. The summed E-state index contributed by atoms with van der Waals surface area (Å²) in [5.41, 5.74) is 3.04. The number of amides is 1. The summed E-state index contributed by atoms with van der Waals surface area (Å²) in [6, 6.07) is 3.71. The Bertz CT molecular complexity index is 803. The van der Waals surface area contributed by atoms with E-state index in [2.05, 4.69) is 41.7 Å². The maximum absolute atomic E-state index is 11.9. The fraction of sp³-hybridized carbons (Fsp3) is 0.0833. The van der Waals surface area contributed by atoms with Gasteiger partial charge in [-0.25, -0.2) is 5.43 Å². The van der Waals surface area contributed by atoms with Gasteiger partial charge in [0.05, 0.1) is 27.5 Å². The van der Waals surface area contributed by atoms with Crippen molar-refractivity contribution in [1.29, 1.82) is 0 Å². The number of hydrazone groups is 1. The highest BCUT2D eigenvalue weighted by atomic mass is 79.9. The van der Waals surface area contributed by atoms with Crippen molar-refractivity contribution in [2.24, 2.45) is 12.1 Å². The zero-order chi connectivity index (χ0) is 15.5. The highest BCUT2D eigenvalue weighted by Crippen LogP contribution is 2.21. The van der Waals surface area contributed by atoms with Gasteiger partial charge in [0, 0.05) is 7.05 Å². The summed E-state index contributed by atoms with van der Waals surface area (Å²) in [7, 11) is 1.76. The van der Waals surface area contributed by atoms with E-state index in [1.54, 1.807) is 17.9 Å². The lowest BCUT2D eigenvalue weighted by atomic mass is 10.4. The van der Waals surface area contributed by atoms with Crippen molar-refractivity contribution in [1.82, 2.24) is 25.3 Å². The van der Waals surface area contributed by atoms with E-state index in [0.717, 1.165) is 9.35 Å². The van der Waals surface area contributed by atoms with Gasteiger partial charge in [0.25, 0.3) is 0 Å². The topological polar surface area (TPSA) is 98.2 Å². The molecule has 0 bridgehead atoms. The first kappa shape index (κ1) is 14.6. The Kier molecular flexibility index (Phi) is 4.11. The average Bonchev–Trinajstić information content (AvgIpc) is 3.22. The zero-order valence-electron chi connectivity index (χ0n) is 11.2. The Morgan fingerprint density at radius 2 is 2.45 bits per heavy atom. The Hall–Kier alpha value is -2.33. The number of nitrogens with one attached hydrogen (secondary N) is 1. The normalized spacial score (nSPS) is 11.2. The Morgan fingerprint density at radius 3 is 3.14 bits per heavy atom. The van der Waals surface area contributed by atoms with Crippen molar-refractivity contribution in [2.75, 3.05) is 0 Å². The maximum Gasteiger partial charge on any atom is 0.329 e. The molecule has 0 saturated carbocycles. The number of aromatic nitrogens is 4. The number of hydrogen-bond acceptors (Lipinski definition) is 7. The number of carbonyl (C=O) groups excluding carboxylic acids is 1. The van der Waals surface area contributed by atoms with E-state index < -0.39 is 5.91 Å². The molecule has 10 heteroatoms. The molecule has 0 aliphatic carbocycles. The zero-order valence-corrected chi connectivity index (χ0v) is 13.6. The molecule has 0 spiro atoms. The van der Waals surface area contributed by atoms with E-state index in [0.29, 0.717) is 11.5 Å². The van der Waals surface area contributed by atoms with Crippen molar-refractivity contribution in [2.45, 2.75) is 0 Å². The van der Waals surface area contributed by atoms with Crippen LogP contribution in [0.5, 0.6) is 0 Å². The molecule has 22 heavy (non-hydrogen) atoms.